The number of rotatable bonds is 3. The number of amides is 1. The molecule has 0 saturated heterocycles. The Hall–Kier alpha value is -2.41. The van der Waals surface area contributed by atoms with E-state index < -0.39 is 15.8 Å². The Labute approximate surface area is 140 Å². The second-order valence-corrected chi connectivity index (χ2v) is 7.52. The van der Waals surface area contributed by atoms with Gasteiger partial charge in [0, 0.05) is 19.2 Å². The van der Waals surface area contributed by atoms with Crippen LogP contribution in [0, 0.1) is 5.82 Å². The maximum absolute atomic E-state index is 13.1. The maximum Gasteiger partial charge on any atom is 0.264 e. The van der Waals surface area contributed by atoms with E-state index in [1.807, 2.05) is 0 Å². The fourth-order valence-corrected chi connectivity index (χ4v) is 4.37. The summed E-state index contributed by atoms with van der Waals surface area (Å²) in [6, 6.07) is 9.98. The first-order valence-corrected chi connectivity index (χ1v) is 9.01. The van der Waals surface area contributed by atoms with E-state index in [-0.39, 0.29) is 10.8 Å². The van der Waals surface area contributed by atoms with Crippen molar-refractivity contribution in [3.8, 4) is 0 Å². The van der Waals surface area contributed by atoms with Gasteiger partial charge in [-0.3, -0.25) is 9.10 Å². The number of carbonyl (C=O) groups is 1. The zero-order valence-electron chi connectivity index (χ0n) is 13.1. The summed E-state index contributed by atoms with van der Waals surface area (Å²) in [5.74, 6) is -0.658. The Bertz CT molecular complexity index is 879. The van der Waals surface area contributed by atoms with Crippen LogP contribution in [-0.4, -0.2) is 20.9 Å². The zero-order valence-corrected chi connectivity index (χ0v) is 13.9. The highest BCUT2D eigenvalue weighted by atomic mass is 32.2. The molecule has 24 heavy (non-hydrogen) atoms. The lowest BCUT2D eigenvalue weighted by Gasteiger charge is -2.30. The molecular weight excluding hydrogens is 331 g/mol. The van der Waals surface area contributed by atoms with Crippen molar-refractivity contribution >= 4 is 27.3 Å². The molecule has 1 aliphatic heterocycles. The number of fused-ring (bicyclic) bond motifs is 1. The topological polar surface area (TPSA) is 66.5 Å². The lowest BCUT2D eigenvalue weighted by atomic mass is 10.0. The van der Waals surface area contributed by atoms with E-state index in [4.69, 9.17) is 0 Å². The summed E-state index contributed by atoms with van der Waals surface area (Å²) in [5, 5.41) is 2.70. The first-order valence-electron chi connectivity index (χ1n) is 7.57. The van der Waals surface area contributed by atoms with Gasteiger partial charge in [-0.2, -0.15) is 0 Å². The first-order chi connectivity index (χ1) is 11.4. The highest BCUT2D eigenvalue weighted by Gasteiger charge is 2.29. The predicted octanol–water partition coefficient (Wildman–Crippen LogP) is 2.93. The van der Waals surface area contributed by atoms with Gasteiger partial charge in [0.25, 0.3) is 10.0 Å². The van der Waals surface area contributed by atoms with Crippen molar-refractivity contribution in [1.29, 1.82) is 0 Å². The van der Waals surface area contributed by atoms with Gasteiger partial charge in [-0.15, -0.1) is 0 Å². The van der Waals surface area contributed by atoms with Gasteiger partial charge in [0.05, 0.1) is 10.6 Å². The van der Waals surface area contributed by atoms with Crippen LogP contribution in [-0.2, 0) is 21.2 Å². The van der Waals surface area contributed by atoms with Crippen LogP contribution in [0.2, 0.25) is 0 Å². The van der Waals surface area contributed by atoms with Crippen LogP contribution in [0.3, 0.4) is 0 Å². The van der Waals surface area contributed by atoms with Crippen molar-refractivity contribution in [1.82, 2.24) is 0 Å². The summed E-state index contributed by atoms with van der Waals surface area (Å²) < 4.78 is 40.1. The first kappa shape index (κ1) is 16.4. The van der Waals surface area contributed by atoms with Crippen molar-refractivity contribution in [2.24, 2.45) is 0 Å². The lowest BCUT2D eigenvalue weighted by molar-refractivity contribution is -0.114. The molecule has 1 N–H and O–H groups in total. The minimum absolute atomic E-state index is 0.0580. The molecule has 2 aromatic rings. The molecular formula is C17H17FN2O3S. The molecule has 2 aromatic carbocycles. The van der Waals surface area contributed by atoms with Crippen molar-refractivity contribution in [3.05, 3.63) is 53.8 Å². The van der Waals surface area contributed by atoms with Crippen molar-refractivity contribution in [3.63, 3.8) is 0 Å². The third kappa shape index (κ3) is 3.12. The van der Waals surface area contributed by atoms with Crippen LogP contribution in [0.4, 0.5) is 15.8 Å². The number of halogens is 1. The van der Waals surface area contributed by atoms with E-state index in [1.165, 1.54) is 23.4 Å². The summed E-state index contributed by atoms with van der Waals surface area (Å²) in [7, 11) is -3.75. The minimum Gasteiger partial charge on any atom is -0.326 e. The van der Waals surface area contributed by atoms with Crippen molar-refractivity contribution in [2.75, 3.05) is 16.2 Å². The van der Waals surface area contributed by atoms with Gasteiger partial charge in [-0.25, -0.2) is 12.8 Å². The van der Waals surface area contributed by atoms with E-state index >= 15 is 0 Å². The summed E-state index contributed by atoms with van der Waals surface area (Å²) in [4.78, 5) is 11.2. The van der Waals surface area contributed by atoms with E-state index in [9.17, 15) is 17.6 Å². The summed E-state index contributed by atoms with van der Waals surface area (Å²) in [6.45, 7) is 1.79. The Morgan fingerprint density at radius 3 is 2.54 bits per heavy atom. The van der Waals surface area contributed by atoms with E-state index in [2.05, 4.69) is 5.32 Å². The molecule has 1 amide bonds. The minimum atomic E-state index is -3.75. The standard InChI is InChI=1S/C17H17FN2O3S/c1-12(21)19-15-6-9-17-13(11-15)3-2-10-20(17)24(22,23)16-7-4-14(18)5-8-16/h4-9,11H,2-3,10H2,1H3,(H,19,21). The molecule has 5 nitrogen and oxygen atoms in total. The number of aryl methyl sites for hydroxylation is 1. The fourth-order valence-electron chi connectivity index (χ4n) is 2.83. The number of hydrogen-bond donors (Lipinski definition) is 1. The van der Waals surface area contributed by atoms with Crippen LogP contribution in [0.1, 0.15) is 18.9 Å². The number of carbonyl (C=O) groups excluding carboxylic acids is 1. The number of nitrogens with zero attached hydrogens (tertiary/aromatic N) is 1. The molecule has 0 bridgehead atoms. The van der Waals surface area contributed by atoms with Crippen molar-refractivity contribution in [2.45, 2.75) is 24.7 Å². The molecule has 1 aliphatic rings. The van der Waals surface area contributed by atoms with E-state index in [0.29, 0.717) is 24.3 Å². The summed E-state index contributed by atoms with van der Waals surface area (Å²) in [6.07, 6.45) is 1.41. The highest BCUT2D eigenvalue weighted by molar-refractivity contribution is 7.92. The molecule has 0 radical (unpaired) electrons. The van der Waals surface area contributed by atoms with Gasteiger partial charge in [-0.05, 0) is 60.9 Å². The maximum atomic E-state index is 13.1. The number of benzene rings is 2. The molecule has 0 aliphatic carbocycles. The van der Waals surface area contributed by atoms with E-state index in [1.54, 1.807) is 18.2 Å². The Morgan fingerprint density at radius 1 is 1.17 bits per heavy atom. The molecule has 7 heteroatoms. The lowest BCUT2D eigenvalue weighted by Crippen LogP contribution is -2.35. The average molecular weight is 348 g/mol. The second-order valence-electron chi connectivity index (χ2n) is 5.66. The van der Waals surface area contributed by atoms with Crippen molar-refractivity contribution < 1.29 is 17.6 Å². The van der Waals surface area contributed by atoms with Gasteiger partial charge in [0.2, 0.25) is 5.91 Å². The molecule has 0 saturated carbocycles. The predicted molar refractivity (Wildman–Crippen MR) is 90.0 cm³/mol. The van der Waals surface area contributed by atoms with E-state index in [0.717, 1.165) is 24.1 Å². The average Bonchev–Trinajstić information content (AvgIpc) is 2.54. The smallest absolute Gasteiger partial charge is 0.264 e. The molecule has 0 aromatic heterocycles. The van der Waals surface area contributed by atoms with Gasteiger partial charge < -0.3 is 5.32 Å². The zero-order chi connectivity index (χ0) is 17.3. The molecule has 3 rings (SSSR count). The number of sulfonamides is 1. The molecule has 126 valence electrons. The highest BCUT2D eigenvalue weighted by Crippen LogP contribution is 2.33. The van der Waals surface area contributed by atoms with Crippen LogP contribution in [0.15, 0.2) is 47.4 Å². The number of anilines is 2. The summed E-state index contributed by atoms with van der Waals surface area (Å²) in [5.41, 5.74) is 2.10. The Kier molecular flexibility index (Phi) is 4.28. The SMILES string of the molecule is CC(=O)Nc1ccc2c(c1)CCCN2S(=O)(=O)c1ccc(F)cc1. The Morgan fingerprint density at radius 2 is 1.88 bits per heavy atom. The normalized spacial score (nSPS) is 14.2. The van der Waals surface area contributed by atoms with Crippen LogP contribution < -0.4 is 9.62 Å². The van der Waals surface area contributed by atoms with Gasteiger partial charge in [0.1, 0.15) is 5.82 Å². The third-order valence-corrected chi connectivity index (χ3v) is 5.70. The summed E-state index contributed by atoms with van der Waals surface area (Å²) >= 11 is 0. The molecule has 0 unspecified atom stereocenters. The monoisotopic (exact) mass is 348 g/mol. The van der Waals surface area contributed by atoms with Crippen LogP contribution in [0.5, 0.6) is 0 Å². The molecule has 0 spiro atoms. The van der Waals surface area contributed by atoms with Crippen LogP contribution in [0.25, 0.3) is 0 Å². The molecule has 0 fully saturated rings. The number of nitrogens with one attached hydrogen (secondary N) is 1. The molecule has 1 heterocycles. The second kappa shape index (κ2) is 6.24. The quantitative estimate of drug-likeness (QED) is 0.927. The van der Waals surface area contributed by atoms with Gasteiger partial charge in [-0.1, -0.05) is 0 Å². The van der Waals surface area contributed by atoms with Gasteiger partial charge in [0.15, 0.2) is 0 Å². The number of hydrogen-bond acceptors (Lipinski definition) is 3. The third-order valence-electron chi connectivity index (χ3n) is 3.88. The fraction of sp³-hybridized carbons (Fsp3) is 0.235. The largest absolute Gasteiger partial charge is 0.326 e. The van der Waals surface area contributed by atoms with Gasteiger partial charge >= 0.3 is 0 Å². The Balaban J connectivity index is 1.99. The molecule has 0 atom stereocenters. The van der Waals surface area contributed by atoms with Crippen LogP contribution >= 0.6 is 0 Å².